The molecule has 0 atom stereocenters. The summed E-state index contributed by atoms with van der Waals surface area (Å²) in [5, 5.41) is 3.27. The second-order valence-corrected chi connectivity index (χ2v) is 4.22. The van der Waals surface area contributed by atoms with Crippen LogP contribution in [0, 0.1) is 5.41 Å². The molecule has 0 bridgehead atoms. The molecule has 1 N–H and O–H groups in total. The Kier molecular flexibility index (Phi) is 5.77. The number of piperidine rings is 1. The Morgan fingerprint density at radius 1 is 1.25 bits per heavy atom. The molecular weight excluding hydrogens is 206 g/mol. The van der Waals surface area contributed by atoms with Crippen molar-refractivity contribution in [2.45, 2.75) is 33.1 Å². The Balaban J connectivity index is 2.36. The molecule has 1 rings (SSSR count). The summed E-state index contributed by atoms with van der Waals surface area (Å²) in [5.74, 6) is -0.0452. The molecule has 4 heteroatoms. The summed E-state index contributed by atoms with van der Waals surface area (Å²) in [6, 6.07) is 0. The van der Waals surface area contributed by atoms with Gasteiger partial charge in [0.1, 0.15) is 6.61 Å². The average Bonchev–Trinajstić information content (AvgIpc) is 2.35. The number of nitrogens with one attached hydrogen (secondary N) is 1. The Bertz CT molecular complexity index is 212. The Hall–Kier alpha value is -0.610. The van der Waals surface area contributed by atoms with Crippen molar-refractivity contribution in [2.75, 3.05) is 32.9 Å². The van der Waals surface area contributed by atoms with Gasteiger partial charge in [0.2, 0.25) is 0 Å². The third kappa shape index (κ3) is 3.46. The van der Waals surface area contributed by atoms with Crippen molar-refractivity contribution >= 4 is 5.97 Å². The molecule has 4 nitrogen and oxygen atoms in total. The van der Waals surface area contributed by atoms with Gasteiger partial charge in [-0.15, -0.1) is 0 Å². The molecule has 0 saturated carbocycles. The fourth-order valence-electron chi connectivity index (χ4n) is 2.10. The van der Waals surface area contributed by atoms with Gasteiger partial charge in [0.25, 0.3) is 0 Å². The minimum absolute atomic E-state index is 0.0452. The number of ether oxygens (including phenoxy) is 2. The van der Waals surface area contributed by atoms with Crippen LogP contribution in [0.3, 0.4) is 0 Å². The molecule has 0 radical (unpaired) electrons. The summed E-state index contributed by atoms with van der Waals surface area (Å²) in [4.78, 5) is 12.0. The van der Waals surface area contributed by atoms with Gasteiger partial charge >= 0.3 is 5.97 Å². The minimum Gasteiger partial charge on any atom is -0.463 e. The van der Waals surface area contributed by atoms with Crippen LogP contribution in [0.25, 0.3) is 0 Å². The van der Waals surface area contributed by atoms with E-state index >= 15 is 0 Å². The van der Waals surface area contributed by atoms with E-state index in [0.717, 1.165) is 32.4 Å². The van der Waals surface area contributed by atoms with E-state index < -0.39 is 0 Å². The molecule has 0 amide bonds. The SMILES string of the molecule is CCOCCOC(=O)C1(CC)CCNCC1. The van der Waals surface area contributed by atoms with Gasteiger partial charge in [0, 0.05) is 6.61 Å². The van der Waals surface area contributed by atoms with Crippen molar-refractivity contribution in [3.63, 3.8) is 0 Å². The molecule has 0 spiro atoms. The quantitative estimate of drug-likeness (QED) is 0.551. The number of carbonyl (C=O) groups is 1. The zero-order chi connectivity index (χ0) is 11.9. The van der Waals surface area contributed by atoms with E-state index in [2.05, 4.69) is 12.2 Å². The highest BCUT2D eigenvalue weighted by Gasteiger charge is 2.39. The van der Waals surface area contributed by atoms with E-state index in [9.17, 15) is 4.79 Å². The average molecular weight is 229 g/mol. The highest BCUT2D eigenvalue weighted by atomic mass is 16.6. The third-order valence-electron chi connectivity index (χ3n) is 3.34. The molecule has 16 heavy (non-hydrogen) atoms. The molecule has 0 aromatic carbocycles. The molecule has 0 aromatic heterocycles. The summed E-state index contributed by atoms with van der Waals surface area (Å²) in [7, 11) is 0. The lowest BCUT2D eigenvalue weighted by atomic mass is 9.77. The lowest BCUT2D eigenvalue weighted by Gasteiger charge is -2.34. The first-order chi connectivity index (χ1) is 7.75. The lowest BCUT2D eigenvalue weighted by Crippen LogP contribution is -2.43. The zero-order valence-electron chi connectivity index (χ0n) is 10.4. The number of hydrogen-bond acceptors (Lipinski definition) is 4. The molecule has 94 valence electrons. The first kappa shape index (κ1) is 13.5. The van der Waals surface area contributed by atoms with Crippen molar-refractivity contribution in [1.82, 2.24) is 5.32 Å². The summed E-state index contributed by atoms with van der Waals surface area (Å²) in [5.41, 5.74) is -0.253. The van der Waals surface area contributed by atoms with Crippen LogP contribution in [0.1, 0.15) is 33.1 Å². The molecule has 0 aliphatic carbocycles. The maximum Gasteiger partial charge on any atom is 0.312 e. The molecule has 1 aliphatic rings. The number of esters is 1. The van der Waals surface area contributed by atoms with Gasteiger partial charge in [-0.2, -0.15) is 0 Å². The molecule has 1 fully saturated rings. The topological polar surface area (TPSA) is 47.6 Å². The second-order valence-electron chi connectivity index (χ2n) is 4.22. The van der Waals surface area contributed by atoms with E-state index in [1.165, 1.54) is 0 Å². The monoisotopic (exact) mass is 229 g/mol. The van der Waals surface area contributed by atoms with E-state index in [0.29, 0.717) is 19.8 Å². The fraction of sp³-hybridized carbons (Fsp3) is 0.917. The molecular formula is C12H23NO3. The van der Waals surface area contributed by atoms with Crippen molar-refractivity contribution in [3.05, 3.63) is 0 Å². The van der Waals surface area contributed by atoms with Gasteiger partial charge in [0.15, 0.2) is 0 Å². The smallest absolute Gasteiger partial charge is 0.312 e. The van der Waals surface area contributed by atoms with Crippen LogP contribution in [-0.2, 0) is 14.3 Å². The van der Waals surface area contributed by atoms with E-state index in [4.69, 9.17) is 9.47 Å². The standard InChI is InChI=1S/C12H23NO3/c1-3-12(5-7-13-8-6-12)11(14)16-10-9-15-4-2/h13H,3-10H2,1-2H3. The second kappa shape index (κ2) is 6.86. The molecule has 1 aliphatic heterocycles. The zero-order valence-corrected chi connectivity index (χ0v) is 10.4. The molecule has 0 unspecified atom stereocenters. The maximum absolute atomic E-state index is 12.0. The van der Waals surface area contributed by atoms with Crippen molar-refractivity contribution in [2.24, 2.45) is 5.41 Å². The van der Waals surface area contributed by atoms with Crippen molar-refractivity contribution in [3.8, 4) is 0 Å². The highest BCUT2D eigenvalue weighted by molar-refractivity contribution is 5.77. The van der Waals surface area contributed by atoms with Crippen LogP contribution >= 0.6 is 0 Å². The van der Waals surface area contributed by atoms with Gasteiger partial charge < -0.3 is 14.8 Å². The van der Waals surface area contributed by atoms with Crippen molar-refractivity contribution < 1.29 is 14.3 Å². The van der Waals surface area contributed by atoms with Crippen LogP contribution in [0.4, 0.5) is 0 Å². The molecule has 0 aromatic rings. The van der Waals surface area contributed by atoms with Gasteiger partial charge in [-0.25, -0.2) is 0 Å². The van der Waals surface area contributed by atoms with Gasteiger partial charge in [-0.1, -0.05) is 6.92 Å². The van der Waals surface area contributed by atoms with E-state index in [1.807, 2.05) is 6.92 Å². The predicted molar refractivity (Wildman–Crippen MR) is 62.3 cm³/mol. The number of carbonyl (C=O) groups excluding carboxylic acids is 1. The first-order valence-electron chi connectivity index (χ1n) is 6.21. The van der Waals surface area contributed by atoms with E-state index in [1.54, 1.807) is 0 Å². The summed E-state index contributed by atoms with van der Waals surface area (Å²) < 4.78 is 10.4. The maximum atomic E-state index is 12.0. The van der Waals surface area contributed by atoms with Crippen LogP contribution < -0.4 is 5.32 Å². The normalized spacial score (nSPS) is 19.4. The molecule has 1 saturated heterocycles. The van der Waals surface area contributed by atoms with Crippen LogP contribution in [0.15, 0.2) is 0 Å². The predicted octanol–water partition coefficient (Wildman–Crippen LogP) is 1.35. The Morgan fingerprint density at radius 2 is 1.94 bits per heavy atom. The largest absolute Gasteiger partial charge is 0.463 e. The first-order valence-corrected chi connectivity index (χ1v) is 6.21. The number of rotatable bonds is 6. The van der Waals surface area contributed by atoms with Gasteiger partial charge in [-0.05, 0) is 39.3 Å². The van der Waals surface area contributed by atoms with Crippen LogP contribution in [-0.4, -0.2) is 38.9 Å². The van der Waals surface area contributed by atoms with Gasteiger partial charge in [-0.3, -0.25) is 4.79 Å². The number of hydrogen-bond donors (Lipinski definition) is 1. The Labute approximate surface area is 97.7 Å². The summed E-state index contributed by atoms with van der Waals surface area (Å²) in [6.45, 7) is 7.36. The summed E-state index contributed by atoms with van der Waals surface area (Å²) >= 11 is 0. The van der Waals surface area contributed by atoms with Crippen LogP contribution in [0.5, 0.6) is 0 Å². The highest BCUT2D eigenvalue weighted by Crippen LogP contribution is 2.33. The lowest BCUT2D eigenvalue weighted by molar-refractivity contribution is -0.159. The van der Waals surface area contributed by atoms with Crippen molar-refractivity contribution in [1.29, 1.82) is 0 Å². The Morgan fingerprint density at radius 3 is 2.50 bits per heavy atom. The minimum atomic E-state index is -0.253. The van der Waals surface area contributed by atoms with E-state index in [-0.39, 0.29) is 11.4 Å². The summed E-state index contributed by atoms with van der Waals surface area (Å²) in [6.07, 6.45) is 2.64. The third-order valence-corrected chi connectivity index (χ3v) is 3.34. The van der Waals surface area contributed by atoms with Crippen LogP contribution in [0.2, 0.25) is 0 Å². The van der Waals surface area contributed by atoms with Gasteiger partial charge in [0.05, 0.1) is 12.0 Å². The molecule has 1 heterocycles. The fourth-order valence-corrected chi connectivity index (χ4v) is 2.10.